The van der Waals surface area contributed by atoms with Crippen molar-refractivity contribution in [2.45, 2.75) is 32.4 Å². The number of hydrogen-bond acceptors (Lipinski definition) is 4. The zero-order chi connectivity index (χ0) is 9.97. The second kappa shape index (κ2) is 3.92. The molecule has 1 saturated heterocycles. The quantitative estimate of drug-likeness (QED) is 0.760. The maximum atomic E-state index is 5.47. The number of hydrogen-bond donors (Lipinski definition) is 1. The molecule has 0 saturated carbocycles. The summed E-state index contributed by atoms with van der Waals surface area (Å²) in [5, 5.41) is 0. The number of nitrogens with two attached hydrogens (primary N) is 1. The number of aromatic nitrogens is 2. The van der Waals surface area contributed by atoms with Crippen LogP contribution in [0.4, 0.5) is 5.82 Å². The van der Waals surface area contributed by atoms with Gasteiger partial charge in [-0.1, -0.05) is 0 Å². The van der Waals surface area contributed by atoms with E-state index in [1.807, 2.05) is 0 Å². The molecule has 4 heteroatoms. The van der Waals surface area contributed by atoms with E-state index in [2.05, 4.69) is 21.8 Å². The van der Waals surface area contributed by atoms with Crippen LogP contribution >= 0.6 is 0 Å². The highest BCUT2D eigenvalue weighted by atomic mass is 15.2. The lowest BCUT2D eigenvalue weighted by atomic mass is 10.2. The van der Waals surface area contributed by atoms with Crippen molar-refractivity contribution >= 4 is 5.82 Å². The fourth-order valence-corrected chi connectivity index (χ4v) is 1.88. The SMILES string of the molecule is CC1CCCN1Cc1cnc(N)cn1. The second-order valence-electron chi connectivity index (χ2n) is 3.89. The van der Waals surface area contributed by atoms with E-state index in [0.29, 0.717) is 11.9 Å². The van der Waals surface area contributed by atoms with Crippen molar-refractivity contribution < 1.29 is 0 Å². The van der Waals surface area contributed by atoms with Gasteiger partial charge >= 0.3 is 0 Å². The standard InChI is InChI=1S/C10H16N4/c1-8-3-2-4-14(8)7-9-5-13-10(11)6-12-9/h5-6,8H,2-4,7H2,1H3,(H2,11,13). The van der Waals surface area contributed by atoms with Gasteiger partial charge in [0, 0.05) is 12.6 Å². The molecule has 2 heterocycles. The highest BCUT2D eigenvalue weighted by Crippen LogP contribution is 2.18. The molecule has 0 amide bonds. The van der Waals surface area contributed by atoms with Gasteiger partial charge in [0.2, 0.25) is 0 Å². The van der Waals surface area contributed by atoms with Crippen LogP contribution in [-0.2, 0) is 6.54 Å². The van der Waals surface area contributed by atoms with E-state index in [-0.39, 0.29) is 0 Å². The van der Waals surface area contributed by atoms with E-state index in [4.69, 9.17) is 5.73 Å². The molecule has 1 aromatic rings. The molecule has 76 valence electrons. The van der Waals surface area contributed by atoms with Gasteiger partial charge in [-0.15, -0.1) is 0 Å². The van der Waals surface area contributed by atoms with E-state index in [0.717, 1.165) is 12.2 Å². The highest BCUT2D eigenvalue weighted by molar-refractivity contribution is 5.22. The van der Waals surface area contributed by atoms with Crippen molar-refractivity contribution in [1.29, 1.82) is 0 Å². The molecule has 1 fully saturated rings. The average Bonchev–Trinajstić information content (AvgIpc) is 2.56. The first-order valence-corrected chi connectivity index (χ1v) is 5.06. The molecule has 1 unspecified atom stereocenters. The monoisotopic (exact) mass is 192 g/mol. The van der Waals surface area contributed by atoms with Gasteiger partial charge in [-0.25, -0.2) is 4.98 Å². The van der Waals surface area contributed by atoms with Crippen molar-refractivity contribution in [3.8, 4) is 0 Å². The van der Waals surface area contributed by atoms with Crippen molar-refractivity contribution in [1.82, 2.24) is 14.9 Å². The summed E-state index contributed by atoms with van der Waals surface area (Å²) in [7, 11) is 0. The van der Waals surface area contributed by atoms with Crippen LogP contribution < -0.4 is 5.73 Å². The van der Waals surface area contributed by atoms with Crippen LogP contribution in [-0.4, -0.2) is 27.5 Å². The molecule has 1 aliphatic heterocycles. The van der Waals surface area contributed by atoms with Crippen LogP contribution in [0.1, 0.15) is 25.5 Å². The van der Waals surface area contributed by atoms with Gasteiger partial charge < -0.3 is 5.73 Å². The molecule has 2 N–H and O–H groups in total. The summed E-state index contributed by atoms with van der Waals surface area (Å²) < 4.78 is 0. The predicted molar refractivity (Wildman–Crippen MR) is 55.6 cm³/mol. The largest absolute Gasteiger partial charge is 0.382 e. The van der Waals surface area contributed by atoms with E-state index >= 15 is 0 Å². The first kappa shape index (κ1) is 9.40. The van der Waals surface area contributed by atoms with Crippen LogP contribution in [0.15, 0.2) is 12.4 Å². The lowest BCUT2D eigenvalue weighted by Crippen LogP contribution is -2.26. The second-order valence-corrected chi connectivity index (χ2v) is 3.89. The van der Waals surface area contributed by atoms with Crippen LogP contribution in [0, 0.1) is 0 Å². The molecular formula is C10H16N4. The van der Waals surface area contributed by atoms with Crippen LogP contribution in [0.2, 0.25) is 0 Å². The van der Waals surface area contributed by atoms with Gasteiger partial charge in [-0.3, -0.25) is 9.88 Å². The van der Waals surface area contributed by atoms with Crippen molar-refractivity contribution in [2.24, 2.45) is 0 Å². The summed E-state index contributed by atoms with van der Waals surface area (Å²) in [6, 6.07) is 0.675. The van der Waals surface area contributed by atoms with E-state index in [9.17, 15) is 0 Å². The maximum Gasteiger partial charge on any atom is 0.141 e. The zero-order valence-electron chi connectivity index (χ0n) is 8.48. The highest BCUT2D eigenvalue weighted by Gasteiger charge is 2.20. The summed E-state index contributed by atoms with van der Waals surface area (Å²) in [5.74, 6) is 0.489. The molecule has 0 radical (unpaired) electrons. The first-order valence-electron chi connectivity index (χ1n) is 5.06. The van der Waals surface area contributed by atoms with Gasteiger partial charge in [0.05, 0.1) is 18.1 Å². The molecule has 0 aliphatic carbocycles. The summed E-state index contributed by atoms with van der Waals surface area (Å²) in [6.07, 6.45) is 5.97. The van der Waals surface area contributed by atoms with Crippen molar-refractivity contribution in [3.05, 3.63) is 18.1 Å². The van der Waals surface area contributed by atoms with Crippen molar-refractivity contribution in [3.63, 3.8) is 0 Å². The Bertz CT molecular complexity index is 295. The summed E-state index contributed by atoms with van der Waals surface area (Å²) in [6.45, 7) is 4.33. The Morgan fingerprint density at radius 2 is 2.36 bits per heavy atom. The minimum absolute atomic E-state index is 0.489. The number of nitrogen functional groups attached to an aromatic ring is 1. The molecule has 2 rings (SSSR count). The third-order valence-corrected chi connectivity index (χ3v) is 2.78. The smallest absolute Gasteiger partial charge is 0.141 e. The number of nitrogens with zero attached hydrogens (tertiary/aromatic N) is 3. The van der Waals surface area contributed by atoms with E-state index in [1.165, 1.54) is 19.4 Å². The predicted octanol–water partition coefficient (Wildman–Crippen LogP) is 1.04. The molecule has 1 aliphatic rings. The minimum atomic E-state index is 0.489. The third-order valence-electron chi connectivity index (χ3n) is 2.78. The lowest BCUT2D eigenvalue weighted by molar-refractivity contribution is 0.257. The third kappa shape index (κ3) is 2.01. The van der Waals surface area contributed by atoms with Gasteiger partial charge in [0.1, 0.15) is 5.82 Å². The Morgan fingerprint density at radius 1 is 1.50 bits per heavy atom. The normalized spacial score (nSPS) is 22.8. The molecule has 4 nitrogen and oxygen atoms in total. The summed E-state index contributed by atoms with van der Waals surface area (Å²) in [5.41, 5.74) is 6.48. The fourth-order valence-electron chi connectivity index (χ4n) is 1.88. The number of likely N-dealkylation sites (tertiary alicyclic amines) is 1. The Labute approximate surface area is 84.2 Å². The Morgan fingerprint density at radius 3 is 2.93 bits per heavy atom. The van der Waals surface area contributed by atoms with Crippen LogP contribution in [0.25, 0.3) is 0 Å². The van der Waals surface area contributed by atoms with Crippen molar-refractivity contribution in [2.75, 3.05) is 12.3 Å². The average molecular weight is 192 g/mol. The molecule has 0 spiro atoms. The van der Waals surface area contributed by atoms with Gasteiger partial charge in [-0.05, 0) is 26.3 Å². The lowest BCUT2D eigenvalue weighted by Gasteiger charge is -2.19. The zero-order valence-corrected chi connectivity index (χ0v) is 8.48. The Hall–Kier alpha value is -1.16. The number of anilines is 1. The van der Waals surface area contributed by atoms with Gasteiger partial charge in [0.25, 0.3) is 0 Å². The minimum Gasteiger partial charge on any atom is -0.382 e. The topological polar surface area (TPSA) is 55.0 Å². The van der Waals surface area contributed by atoms with Crippen LogP contribution in [0.5, 0.6) is 0 Å². The van der Waals surface area contributed by atoms with Crippen LogP contribution in [0.3, 0.4) is 0 Å². The molecular weight excluding hydrogens is 176 g/mol. The Balaban J connectivity index is 2.00. The van der Waals surface area contributed by atoms with Gasteiger partial charge in [-0.2, -0.15) is 0 Å². The maximum absolute atomic E-state index is 5.47. The van der Waals surface area contributed by atoms with E-state index in [1.54, 1.807) is 12.4 Å². The number of rotatable bonds is 2. The summed E-state index contributed by atoms with van der Waals surface area (Å²) in [4.78, 5) is 10.7. The fraction of sp³-hybridized carbons (Fsp3) is 0.600. The first-order chi connectivity index (χ1) is 6.75. The molecule has 1 aromatic heterocycles. The van der Waals surface area contributed by atoms with Gasteiger partial charge in [0.15, 0.2) is 0 Å². The summed E-state index contributed by atoms with van der Waals surface area (Å²) >= 11 is 0. The molecule has 1 atom stereocenters. The Kier molecular flexibility index (Phi) is 2.63. The molecule has 0 bridgehead atoms. The molecule has 0 aromatic carbocycles. The molecule has 14 heavy (non-hydrogen) atoms. The van der Waals surface area contributed by atoms with E-state index < -0.39 is 0 Å².